The van der Waals surface area contributed by atoms with E-state index in [1.807, 2.05) is 6.08 Å². The van der Waals surface area contributed by atoms with Crippen molar-refractivity contribution in [2.75, 3.05) is 6.16 Å². The Kier molecular flexibility index (Phi) is 5.21. The van der Waals surface area contributed by atoms with Crippen molar-refractivity contribution < 1.29 is 38.1 Å². The van der Waals surface area contributed by atoms with Crippen LogP contribution >= 0.6 is 16.0 Å². The van der Waals surface area contributed by atoms with Gasteiger partial charge in [0.25, 0.3) is 0 Å². The minimum absolute atomic E-state index is 0. The molecule has 0 saturated carbocycles. The molecule has 0 aromatic heterocycles. The van der Waals surface area contributed by atoms with Crippen molar-refractivity contribution in [2.24, 2.45) is 0 Å². The molecule has 0 saturated heterocycles. The Balaban J connectivity index is 0.000001000. The number of allylic oxidation sites excluding steroid dienone is 1. The van der Waals surface area contributed by atoms with E-state index in [1.54, 1.807) is 5.82 Å². The standard InChI is InChI=1S/C4H8O4P2.Zn/c5-10(6,7)8-9-3-1-2-4-9;/h1,3H,2,4H2,(H2,5,6,7);/q;+2/p-2. The minimum Gasteiger partial charge on any atom is -0.790 e. The Labute approximate surface area is 78.9 Å². The Morgan fingerprint density at radius 3 is 2.55 bits per heavy atom. The van der Waals surface area contributed by atoms with Crippen LogP contribution in [0.1, 0.15) is 6.42 Å². The first-order valence-corrected chi connectivity index (χ1v) is 5.70. The van der Waals surface area contributed by atoms with Crippen molar-refractivity contribution >= 4 is 16.0 Å². The average molecular weight is 245 g/mol. The summed E-state index contributed by atoms with van der Waals surface area (Å²) in [5, 5.41) is 0. The van der Waals surface area contributed by atoms with Crippen LogP contribution < -0.4 is 9.79 Å². The van der Waals surface area contributed by atoms with Crippen molar-refractivity contribution in [1.29, 1.82) is 0 Å². The van der Waals surface area contributed by atoms with Crippen molar-refractivity contribution in [1.82, 2.24) is 0 Å². The Hall–Kier alpha value is 0.903. The van der Waals surface area contributed by atoms with Gasteiger partial charge in [0.05, 0.1) is 16.0 Å². The van der Waals surface area contributed by atoms with Gasteiger partial charge in [0.2, 0.25) is 0 Å². The molecule has 0 fully saturated rings. The van der Waals surface area contributed by atoms with Gasteiger partial charge in [0, 0.05) is 0 Å². The molecule has 1 aliphatic rings. The summed E-state index contributed by atoms with van der Waals surface area (Å²) in [6.45, 7) is 0. The first-order chi connectivity index (χ1) is 4.58. The van der Waals surface area contributed by atoms with E-state index in [2.05, 4.69) is 4.31 Å². The number of hydrogen-bond acceptors (Lipinski definition) is 4. The van der Waals surface area contributed by atoms with E-state index in [4.69, 9.17) is 0 Å². The third-order valence-corrected chi connectivity index (χ3v) is 3.87. The summed E-state index contributed by atoms with van der Waals surface area (Å²) in [4.78, 5) is 20.0. The molecule has 4 nitrogen and oxygen atoms in total. The van der Waals surface area contributed by atoms with E-state index in [-0.39, 0.29) is 19.5 Å². The van der Waals surface area contributed by atoms with Crippen molar-refractivity contribution in [3.05, 3.63) is 11.9 Å². The number of hydrogen-bond donors (Lipinski definition) is 0. The van der Waals surface area contributed by atoms with Gasteiger partial charge in [-0.25, -0.2) is 0 Å². The predicted molar refractivity (Wildman–Crippen MR) is 34.2 cm³/mol. The maximum Gasteiger partial charge on any atom is 2.00 e. The SMILES string of the molecule is O=P([O-])([O-])OP1C=CCC1.[Zn+2]. The summed E-state index contributed by atoms with van der Waals surface area (Å²) in [7, 11) is -5.84. The monoisotopic (exact) mass is 244 g/mol. The quantitative estimate of drug-likeness (QED) is 0.512. The Morgan fingerprint density at radius 1 is 1.55 bits per heavy atom. The molecule has 0 N–H and O–H groups in total. The van der Waals surface area contributed by atoms with E-state index in [9.17, 15) is 14.4 Å². The summed E-state index contributed by atoms with van der Waals surface area (Å²) in [5.74, 6) is 1.65. The van der Waals surface area contributed by atoms with Gasteiger partial charge >= 0.3 is 19.5 Å². The van der Waals surface area contributed by atoms with Gasteiger partial charge in [-0.3, -0.25) is 0 Å². The van der Waals surface area contributed by atoms with Crippen LogP contribution in [0, 0.1) is 0 Å². The van der Waals surface area contributed by atoms with Crippen LogP contribution in [0.2, 0.25) is 0 Å². The van der Waals surface area contributed by atoms with Crippen LogP contribution in [-0.2, 0) is 28.4 Å². The maximum absolute atomic E-state index is 10.0. The van der Waals surface area contributed by atoms with Gasteiger partial charge in [0.1, 0.15) is 0 Å². The molecule has 1 heterocycles. The predicted octanol–water partition coefficient (Wildman–Crippen LogP) is 0.143. The second-order valence-electron chi connectivity index (χ2n) is 1.84. The molecule has 0 aromatic carbocycles. The zero-order valence-corrected chi connectivity index (χ0v) is 10.6. The fourth-order valence-electron chi connectivity index (χ4n) is 0.665. The molecule has 1 atom stereocenters. The van der Waals surface area contributed by atoms with Crippen molar-refractivity contribution in [3.63, 3.8) is 0 Å². The molecule has 1 aliphatic heterocycles. The molecule has 1 rings (SSSR count). The summed E-state index contributed by atoms with van der Waals surface area (Å²) >= 11 is 0. The van der Waals surface area contributed by atoms with Crippen molar-refractivity contribution in [3.8, 4) is 0 Å². The molecular formula is C4H6O4P2Zn. The molecule has 0 radical (unpaired) electrons. The van der Waals surface area contributed by atoms with Gasteiger partial charge in [-0.1, -0.05) is 6.08 Å². The van der Waals surface area contributed by atoms with Crippen LogP contribution in [0.3, 0.4) is 0 Å². The van der Waals surface area contributed by atoms with Gasteiger partial charge in [0.15, 0.2) is 0 Å². The second kappa shape index (κ2) is 4.81. The molecule has 0 amide bonds. The van der Waals surface area contributed by atoms with Crippen LogP contribution in [0.15, 0.2) is 11.9 Å². The van der Waals surface area contributed by atoms with Gasteiger partial charge in [-0.2, -0.15) is 0 Å². The van der Waals surface area contributed by atoms with Crippen LogP contribution in [0.5, 0.6) is 0 Å². The number of rotatable bonds is 2. The van der Waals surface area contributed by atoms with E-state index in [0.717, 1.165) is 6.42 Å². The topological polar surface area (TPSA) is 72.4 Å². The fraction of sp³-hybridized carbons (Fsp3) is 0.500. The molecular weight excluding hydrogens is 239 g/mol. The van der Waals surface area contributed by atoms with Gasteiger partial charge < -0.3 is 18.7 Å². The van der Waals surface area contributed by atoms with Gasteiger partial charge in [-0.05, 0) is 18.4 Å². The Morgan fingerprint density at radius 2 is 2.18 bits per heavy atom. The smallest absolute Gasteiger partial charge is 0.790 e. The molecule has 0 bridgehead atoms. The molecule has 0 spiro atoms. The molecule has 7 heteroatoms. The van der Waals surface area contributed by atoms with E-state index in [1.165, 1.54) is 0 Å². The second-order valence-corrected chi connectivity index (χ2v) is 4.97. The van der Waals surface area contributed by atoms with Crippen LogP contribution in [0.25, 0.3) is 0 Å². The summed E-state index contributed by atoms with van der Waals surface area (Å²) in [6, 6.07) is 0. The largest absolute Gasteiger partial charge is 2.00 e. The summed E-state index contributed by atoms with van der Waals surface area (Å²) < 4.78 is 14.2. The molecule has 1 unspecified atom stereocenters. The average Bonchev–Trinajstić information content (AvgIpc) is 2.12. The molecule has 58 valence electrons. The zero-order valence-electron chi connectivity index (χ0n) is 5.80. The third-order valence-electron chi connectivity index (χ3n) is 0.993. The summed E-state index contributed by atoms with van der Waals surface area (Å²) in [6.07, 6.45) is 3.29. The van der Waals surface area contributed by atoms with Gasteiger partial charge in [-0.15, -0.1) is 0 Å². The normalized spacial score (nSPS) is 23.3. The van der Waals surface area contributed by atoms with Crippen molar-refractivity contribution in [2.45, 2.75) is 6.42 Å². The zero-order chi connectivity index (χ0) is 7.61. The summed E-state index contributed by atoms with van der Waals surface area (Å²) in [5.41, 5.74) is 0. The molecule has 0 aromatic rings. The Bertz CT molecular complexity index is 189. The van der Waals surface area contributed by atoms with E-state index >= 15 is 0 Å². The fourth-order valence-corrected chi connectivity index (χ4v) is 3.17. The number of phosphoric acid groups is 1. The molecule has 0 aliphatic carbocycles. The van der Waals surface area contributed by atoms with Crippen LogP contribution in [0.4, 0.5) is 0 Å². The van der Waals surface area contributed by atoms with E-state index < -0.39 is 16.0 Å². The van der Waals surface area contributed by atoms with E-state index in [0.29, 0.717) is 6.16 Å². The first kappa shape index (κ1) is 11.9. The maximum atomic E-state index is 10.0. The first-order valence-electron chi connectivity index (χ1n) is 2.73. The third kappa shape index (κ3) is 5.19. The molecule has 11 heavy (non-hydrogen) atoms. The van der Waals surface area contributed by atoms with Crippen LogP contribution in [-0.4, -0.2) is 6.16 Å². The minimum atomic E-state index is -4.74.